The van der Waals surface area contributed by atoms with Crippen molar-refractivity contribution in [3.63, 3.8) is 0 Å². The summed E-state index contributed by atoms with van der Waals surface area (Å²) >= 11 is 2.40. The second-order valence-corrected chi connectivity index (χ2v) is 6.04. The van der Waals surface area contributed by atoms with Gasteiger partial charge >= 0.3 is 33.2 Å². The minimum atomic E-state index is -4.55. The standard InChI is InChI=1S/C13H12F3N6S.ClH.Zn/c1-4-23-12-9(17-6-21(12)2)11-18-7-5-8(13(14,15)16)19-20-10(7)22(11)3;;/h5H,4H2,1-3H3;1H;/q-1;;+2/p-1. The molecule has 3 aromatic heterocycles. The molecule has 0 aliphatic rings. The predicted molar refractivity (Wildman–Crippen MR) is 84.6 cm³/mol. The summed E-state index contributed by atoms with van der Waals surface area (Å²) in [7, 11) is 8.24. The molecule has 0 saturated carbocycles. The zero-order valence-corrected chi connectivity index (χ0v) is 18.1. The van der Waals surface area contributed by atoms with E-state index in [1.54, 1.807) is 35.0 Å². The molecule has 0 atom stereocenters. The maximum absolute atomic E-state index is 12.8. The van der Waals surface area contributed by atoms with Crippen LogP contribution in [-0.2, 0) is 37.6 Å². The molecule has 0 N–H and O–H groups in total. The van der Waals surface area contributed by atoms with Crippen molar-refractivity contribution in [2.45, 2.75) is 18.1 Å². The Labute approximate surface area is 159 Å². The Hall–Kier alpha value is -1.19. The normalized spacial score (nSPS) is 11.6. The summed E-state index contributed by atoms with van der Waals surface area (Å²) in [5.74, 6) is 1.25. The molecule has 0 aliphatic carbocycles. The van der Waals surface area contributed by atoms with Crippen LogP contribution in [-0.4, -0.2) is 35.1 Å². The second kappa shape index (κ2) is 8.01. The number of nitrogens with zero attached hydrogens (tertiary/aromatic N) is 6. The van der Waals surface area contributed by atoms with Crippen molar-refractivity contribution in [3.05, 3.63) is 18.1 Å². The summed E-state index contributed by atoms with van der Waals surface area (Å²) in [6.45, 7) is 2.00. The van der Waals surface area contributed by atoms with Crippen molar-refractivity contribution in [1.29, 1.82) is 0 Å². The van der Waals surface area contributed by atoms with Gasteiger partial charge in [-0.25, -0.2) is 4.98 Å². The number of aromatic nitrogens is 6. The quantitative estimate of drug-likeness (QED) is 0.354. The fourth-order valence-electron chi connectivity index (χ4n) is 2.16. The fourth-order valence-corrected chi connectivity index (χ4v) is 2.94. The van der Waals surface area contributed by atoms with E-state index in [9.17, 15) is 13.2 Å². The summed E-state index contributed by atoms with van der Waals surface area (Å²) in [4.78, 5) is 8.46. The van der Waals surface area contributed by atoms with Crippen molar-refractivity contribution in [3.8, 4) is 11.5 Å². The Morgan fingerprint density at radius 2 is 1.96 bits per heavy atom. The summed E-state index contributed by atoms with van der Waals surface area (Å²) in [5, 5.41) is 7.73. The van der Waals surface area contributed by atoms with Crippen LogP contribution in [0.1, 0.15) is 12.6 Å². The first-order valence-corrected chi connectivity index (χ1v) is 11.8. The second-order valence-electron chi connectivity index (χ2n) is 4.79. The molecule has 0 saturated heterocycles. The minimum absolute atomic E-state index is 0.128. The van der Waals surface area contributed by atoms with E-state index in [-0.39, 0.29) is 11.2 Å². The van der Waals surface area contributed by atoms with Gasteiger partial charge in [-0.2, -0.15) is 24.9 Å². The molecular formula is C13H12ClF3N6SZn. The molecule has 0 bridgehead atoms. The average molecular weight is 442 g/mol. The zero-order chi connectivity index (χ0) is 18.8. The van der Waals surface area contributed by atoms with E-state index in [2.05, 4.69) is 26.5 Å². The number of hydrogen-bond donors (Lipinski definition) is 0. The van der Waals surface area contributed by atoms with Crippen LogP contribution in [0.4, 0.5) is 13.2 Å². The first-order chi connectivity index (χ1) is 11.8. The first kappa shape index (κ1) is 20.1. The first-order valence-electron chi connectivity index (χ1n) is 6.94. The molecule has 3 heterocycles. The van der Waals surface area contributed by atoms with Crippen molar-refractivity contribution in [2.24, 2.45) is 14.1 Å². The summed E-state index contributed by atoms with van der Waals surface area (Å²) in [6.07, 6.45) is -1.75. The number of fused-ring (bicyclic) bond motifs is 1. The van der Waals surface area contributed by atoms with Crippen LogP contribution in [0.5, 0.6) is 0 Å². The molecule has 0 aromatic carbocycles. The Kier molecular flexibility index (Phi) is 6.45. The van der Waals surface area contributed by atoms with Crippen LogP contribution in [0.2, 0.25) is 0 Å². The van der Waals surface area contributed by atoms with Crippen LogP contribution in [0, 0.1) is 6.33 Å². The van der Waals surface area contributed by atoms with Gasteiger partial charge in [-0.1, -0.05) is 11.9 Å². The molecule has 25 heavy (non-hydrogen) atoms. The van der Waals surface area contributed by atoms with Crippen molar-refractivity contribution in [2.75, 3.05) is 5.75 Å². The van der Waals surface area contributed by atoms with Gasteiger partial charge in [-0.05, 0) is 18.5 Å². The molecule has 3 aromatic rings. The van der Waals surface area contributed by atoms with Crippen molar-refractivity contribution < 1.29 is 30.5 Å². The van der Waals surface area contributed by atoms with Gasteiger partial charge in [0, 0.05) is 19.4 Å². The van der Waals surface area contributed by atoms with Gasteiger partial charge in [0.05, 0.1) is 5.82 Å². The van der Waals surface area contributed by atoms with E-state index in [1.165, 1.54) is 0 Å². The zero-order valence-electron chi connectivity index (χ0n) is 13.6. The molecule has 3 rings (SSSR count). The van der Waals surface area contributed by atoms with Crippen molar-refractivity contribution >= 4 is 32.6 Å². The average Bonchev–Trinajstić information content (AvgIpc) is 3.10. The summed E-state index contributed by atoms with van der Waals surface area (Å²) in [6, 6.07) is 0.894. The molecular weight excluding hydrogens is 430 g/mol. The molecule has 0 fully saturated rings. The maximum atomic E-state index is 12.8. The number of halogens is 4. The van der Waals surface area contributed by atoms with E-state index in [4.69, 9.17) is 9.69 Å². The van der Waals surface area contributed by atoms with E-state index in [1.807, 2.05) is 6.92 Å². The summed E-state index contributed by atoms with van der Waals surface area (Å²) < 4.78 is 41.6. The number of aryl methyl sites for hydroxylation is 2. The number of rotatable bonds is 3. The van der Waals surface area contributed by atoms with Gasteiger partial charge in [0.2, 0.25) is 0 Å². The topological polar surface area (TPSA) is 61.4 Å². The Morgan fingerprint density at radius 3 is 2.56 bits per heavy atom. The third-order valence-corrected chi connectivity index (χ3v) is 4.25. The third-order valence-electron chi connectivity index (χ3n) is 3.22. The molecule has 0 amide bonds. The Morgan fingerprint density at radius 1 is 1.28 bits per heavy atom. The number of hydrogen-bond acceptors (Lipinski definition) is 5. The SMILES string of the molecule is CCSc1c(-c2nc3cc(C(F)(F)F)nnc3n2C)n[c-]n1C.[Cl][Zn+]. The Balaban J connectivity index is 0.00000109. The third kappa shape index (κ3) is 3.98. The number of imidazole rings is 2. The van der Waals surface area contributed by atoms with E-state index < -0.39 is 11.9 Å². The van der Waals surface area contributed by atoms with Crippen LogP contribution in [0.3, 0.4) is 0 Å². The number of alkyl halides is 3. The van der Waals surface area contributed by atoms with Gasteiger partial charge < -0.3 is 14.1 Å². The molecule has 0 spiro atoms. The van der Waals surface area contributed by atoms with Gasteiger partial charge in [-0.3, -0.25) is 0 Å². The van der Waals surface area contributed by atoms with E-state index >= 15 is 0 Å². The van der Waals surface area contributed by atoms with E-state index in [0.29, 0.717) is 11.5 Å². The van der Waals surface area contributed by atoms with Crippen LogP contribution < -0.4 is 0 Å². The molecule has 0 aliphatic heterocycles. The van der Waals surface area contributed by atoms with Gasteiger partial charge in [0.25, 0.3) is 0 Å². The van der Waals surface area contributed by atoms with Gasteiger partial charge in [-0.15, -0.1) is 10.2 Å². The molecule has 130 valence electrons. The van der Waals surface area contributed by atoms with Gasteiger partial charge in [0.1, 0.15) is 5.52 Å². The van der Waals surface area contributed by atoms with Crippen LogP contribution >= 0.6 is 21.5 Å². The molecule has 0 unspecified atom stereocenters. The molecule has 0 radical (unpaired) electrons. The van der Waals surface area contributed by atoms with E-state index in [0.717, 1.165) is 34.2 Å². The predicted octanol–water partition coefficient (Wildman–Crippen LogP) is 3.38. The number of thioether (sulfide) groups is 1. The Bertz CT molecular complexity index is 879. The molecule has 12 heteroatoms. The van der Waals surface area contributed by atoms with Crippen molar-refractivity contribution in [1.82, 2.24) is 29.3 Å². The monoisotopic (exact) mass is 440 g/mol. The van der Waals surface area contributed by atoms with Crippen LogP contribution in [0.15, 0.2) is 11.1 Å². The van der Waals surface area contributed by atoms with Crippen LogP contribution in [0.25, 0.3) is 22.7 Å². The molecule has 6 nitrogen and oxygen atoms in total. The fraction of sp³-hybridized carbons (Fsp3) is 0.385. The summed E-state index contributed by atoms with van der Waals surface area (Å²) in [5.41, 5.74) is -0.104. The van der Waals surface area contributed by atoms with Gasteiger partial charge in [0.15, 0.2) is 11.3 Å².